The van der Waals surface area contributed by atoms with Crippen molar-refractivity contribution in [1.29, 1.82) is 0 Å². The molecule has 1 aromatic carbocycles. The summed E-state index contributed by atoms with van der Waals surface area (Å²) in [5.74, 6) is 0.974. The molecule has 1 amide bonds. The van der Waals surface area contributed by atoms with Crippen LogP contribution >= 0.6 is 11.8 Å². The van der Waals surface area contributed by atoms with Gasteiger partial charge in [-0.25, -0.2) is 0 Å². The van der Waals surface area contributed by atoms with E-state index >= 15 is 0 Å². The molecule has 2 heterocycles. The van der Waals surface area contributed by atoms with E-state index in [-0.39, 0.29) is 5.91 Å². The van der Waals surface area contributed by atoms with Crippen LogP contribution in [0.3, 0.4) is 0 Å². The summed E-state index contributed by atoms with van der Waals surface area (Å²) in [5, 5.41) is 2.85. The Morgan fingerprint density at radius 1 is 1.50 bits per heavy atom. The van der Waals surface area contributed by atoms with Crippen LogP contribution in [0.4, 0.5) is 11.4 Å². The van der Waals surface area contributed by atoms with Gasteiger partial charge >= 0.3 is 0 Å². The molecule has 0 aromatic heterocycles. The monoisotopic (exact) mass is 264 g/mol. The van der Waals surface area contributed by atoms with Crippen LogP contribution in [-0.2, 0) is 16.0 Å². The molecule has 0 saturated carbocycles. The summed E-state index contributed by atoms with van der Waals surface area (Å²) in [6, 6.07) is 3.89. The summed E-state index contributed by atoms with van der Waals surface area (Å²) in [5.41, 5.74) is 8.69. The molecule has 2 aliphatic rings. The van der Waals surface area contributed by atoms with Gasteiger partial charge in [0, 0.05) is 28.6 Å². The average molecular weight is 264 g/mol. The molecular weight excluding hydrogens is 248 g/mol. The summed E-state index contributed by atoms with van der Waals surface area (Å²) in [4.78, 5) is 12.3. The van der Waals surface area contributed by atoms with Crippen LogP contribution in [0.15, 0.2) is 17.0 Å². The van der Waals surface area contributed by atoms with E-state index in [4.69, 9.17) is 10.5 Å². The number of fused-ring (bicyclic) bond motifs is 1. The first-order chi connectivity index (χ1) is 8.72. The topological polar surface area (TPSA) is 64.3 Å². The zero-order valence-electron chi connectivity index (χ0n) is 10.1. The molecular formula is C13H16N2O2S. The Labute approximate surface area is 110 Å². The maximum absolute atomic E-state index is 11.3. The van der Waals surface area contributed by atoms with Crippen LogP contribution in [0.2, 0.25) is 0 Å². The third-order valence-electron chi connectivity index (χ3n) is 3.31. The summed E-state index contributed by atoms with van der Waals surface area (Å²) in [6.45, 7) is 0.876. The third kappa shape index (κ3) is 2.33. The lowest BCUT2D eigenvalue weighted by atomic mass is 10.1. The van der Waals surface area contributed by atoms with Crippen molar-refractivity contribution < 1.29 is 9.53 Å². The molecule has 1 atom stereocenters. The van der Waals surface area contributed by atoms with Gasteiger partial charge in [-0.1, -0.05) is 0 Å². The van der Waals surface area contributed by atoms with Gasteiger partial charge in [0.25, 0.3) is 0 Å². The van der Waals surface area contributed by atoms with Gasteiger partial charge in [0.2, 0.25) is 5.91 Å². The largest absolute Gasteiger partial charge is 0.398 e. The number of anilines is 2. The molecule has 3 N–H and O–H groups in total. The Balaban J connectivity index is 1.72. The molecule has 18 heavy (non-hydrogen) atoms. The Morgan fingerprint density at radius 2 is 2.39 bits per heavy atom. The standard InChI is InChI=1S/C13H16N2O2S/c14-10-4-8-5-13(16)15-11(8)6-12(10)18-7-9-2-1-3-17-9/h4,6,9H,1-3,5,7,14H2,(H,15,16). The highest BCUT2D eigenvalue weighted by atomic mass is 32.2. The second-order valence-corrected chi connectivity index (χ2v) is 5.78. The molecule has 3 rings (SSSR count). The first-order valence-corrected chi connectivity index (χ1v) is 7.17. The van der Waals surface area contributed by atoms with Crippen LogP contribution in [0.1, 0.15) is 18.4 Å². The molecule has 0 aliphatic carbocycles. The summed E-state index contributed by atoms with van der Waals surface area (Å²) < 4.78 is 5.59. The number of nitrogens with two attached hydrogens (primary N) is 1. The third-order valence-corrected chi connectivity index (χ3v) is 4.51. The van der Waals surface area contributed by atoms with Crippen molar-refractivity contribution in [2.45, 2.75) is 30.3 Å². The van der Waals surface area contributed by atoms with Crippen molar-refractivity contribution in [3.05, 3.63) is 17.7 Å². The number of hydrogen-bond donors (Lipinski definition) is 2. The highest BCUT2D eigenvalue weighted by Crippen LogP contribution is 2.35. The van der Waals surface area contributed by atoms with Gasteiger partial charge in [-0.05, 0) is 30.5 Å². The Kier molecular flexibility index (Phi) is 3.18. The smallest absolute Gasteiger partial charge is 0.228 e. The van der Waals surface area contributed by atoms with Crippen LogP contribution in [0.5, 0.6) is 0 Å². The lowest BCUT2D eigenvalue weighted by Crippen LogP contribution is -2.08. The molecule has 0 bridgehead atoms. The normalized spacial score (nSPS) is 22.0. The fourth-order valence-electron chi connectivity index (χ4n) is 2.36. The lowest BCUT2D eigenvalue weighted by Gasteiger charge is -2.11. The number of thioether (sulfide) groups is 1. The maximum atomic E-state index is 11.3. The van der Waals surface area contributed by atoms with E-state index < -0.39 is 0 Å². The first-order valence-electron chi connectivity index (χ1n) is 6.19. The molecule has 1 fully saturated rings. The van der Waals surface area contributed by atoms with Gasteiger partial charge in [-0.3, -0.25) is 4.79 Å². The minimum atomic E-state index is 0.0469. The molecule has 2 aliphatic heterocycles. The van der Waals surface area contributed by atoms with Gasteiger partial charge < -0.3 is 15.8 Å². The molecule has 96 valence electrons. The number of hydrogen-bond acceptors (Lipinski definition) is 4. The van der Waals surface area contributed by atoms with Crippen molar-refractivity contribution in [3.63, 3.8) is 0 Å². The maximum Gasteiger partial charge on any atom is 0.228 e. The molecule has 4 nitrogen and oxygen atoms in total. The van der Waals surface area contributed by atoms with E-state index in [1.165, 1.54) is 0 Å². The summed E-state index contributed by atoms with van der Waals surface area (Å²) >= 11 is 1.71. The predicted octanol–water partition coefficient (Wildman–Crippen LogP) is 2.03. The predicted molar refractivity (Wildman–Crippen MR) is 72.9 cm³/mol. The van der Waals surface area contributed by atoms with Crippen molar-refractivity contribution in [2.24, 2.45) is 0 Å². The summed E-state index contributed by atoms with van der Waals surface area (Å²) in [7, 11) is 0. The zero-order valence-corrected chi connectivity index (χ0v) is 10.9. The molecule has 0 radical (unpaired) electrons. The zero-order chi connectivity index (χ0) is 12.5. The van der Waals surface area contributed by atoms with Gasteiger partial charge in [0.1, 0.15) is 0 Å². The van der Waals surface area contributed by atoms with Crippen molar-refractivity contribution >= 4 is 29.0 Å². The van der Waals surface area contributed by atoms with Crippen LogP contribution in [0, 0.1) is 0 Å². The Hall–Kier alpha value is -1.20. The molecule has 1 unspecified atom stereocenters. The SMILES string of the molecule is Nc1cc2c(cc1SCC1CCCO1)NC(=O)C2. The van der Waals surface area contributed by atoms with E-state index in [2.05, 4.69) is 5.32 Å². The Morgan fingerprint density at radius 3 is 3.17 bits per heavy atom. The minimum Gasteiger partial charge on any atom is -0.398 e. The average Bonchev–Trinajstić information content (AvgIpc) is 2.94. The quantitative estimate of drug-likeness (QED) is 0.647. The van der Waals surface area contributed by atoms with E-state index in [0.29, 0.717) is 12.5 Å². The van der Waals surface area contributed by atoms with Crippen LogP contribution < -0.4 is 11.1 Å². The highest BCUT2D eigenvalue weighted by Gasteiger charge is 2.21. The first kappa shape index (κ1) is 11.9. The van der Waals surface area contributed by atoms with E-state index in [1.807, 2.05) is 12.1 Å². The second-order valence-electron chi connectivity index (χ2n) is 4.72. The fourth-order valence-corrected chi connectivity index (χ4v) is 3.41. The number of ether oxygens (including phenoxy) is 1. The van der Waals surface area contributed by atoms with Crippen molar-refractivity contribution in [2.75, 3.05) is 23.4 Å². The highest BCUT2D eigenvalue weighted by molar-refractivity contribution is 7.99. The number of nitrogens with one attached hydrogen (secondary N) is 1. The summed E-state index contributed by atoms with van der Waals surface area (Å²) in [6.07, 6.45) is 3.07. The molecule has 5 heteroatoms. The molecule has 0 spiro atoms. The number of rotatable bonds is 3. The number of benzene rings is 1. The van der Waals surface area contributed by atoms with Crippen LogP contribution in [0.25, 0.3) is 0 Å². The van der Waals surface area contributed by atoms with Crippen molar-refractivity contribution in [1.82, 2.24) is 0 Å². The molecule has 1 aromatic rings. The fraction of sp³-hybridized carbons (Fsp3) is 0.462. The number of amides is 1. The van der Waals surface area contributed by atoms with E-state index in [1.54, 1.807) is 11.8 Å². The minimum absolute atomic E-state index is 0.0469. The van der Waals surface area contributed by atoms with Gasteiger partial charge in [0.05, 0.1) is 12.5 Å². The van der Waals surface area contributed by atoms with Gasteiger partial charge in [0.15, 0.2) is 0 Å². The number of carbonyl (C=O) groups excluding carboxylic acids is 1. The van der Waals surface area contributed by atoms with Gasteiger partial charge in [-0.2, -0.15) is 0 Å². The van der Waals surface area contributed by atoms with Crippen molar-refractivity contribution in [3.8, 4) is 0 Å². The van der Waals surface area contributed by atoms with E-state index in [9.17, 15) is 4.79 Å². The Bertz CT molecular complexity index is 484. The number of carbonyl (C=O) groups is 1. The second kappa shape index (κ2) is 4.82. The lowest BCUT2D eigenvalue weighted by molar-refractivity contribution is -0.115. The van der Waals surface area contributed by atoms with Gasteiger partial charge in [-0.15, -0.1) is 11.8 Å². The van der Waals surface area contributed by atoms with Crippen LogP contribution in [-0.4, -0.2) is 24.4 Å². The molecule has 1 saturated heterocycles. The van der Waals surface area contributed by atoms with E-state index in [0.717, 1.165) is 47.0 Å². The number of nitrogen functional groups attached to an aromatic ring is 1.